The largest absolute Gasteiger partial charge is 0.488 e. The molecule has 1 fully saturated rings. The standard InChI is InChI=1S/C14H19ClN4O3/c15-4-6-18-14(21)19-7-1-2-11(9-19)22-10-3-5-17-12(8-10)13(16)20/h3,5,8,11H,1-2,4,6-7,9H2,(H2,16,20)(H,18,21). The molecule has 3 amide bonds. The fourth-order valence-electron chi connectivity index (χ4n) is 2.30. The number of urea groups is 1. The summed E-state index contributed by atoms with van der Waals surface area (Å²) in [5.41, 5.74) is 5.35. The van der Waals surface area contributed by atoms with E-state index >= 15 is 0 Å². The average Bonchev–Trinajstić information content (AvgIpc) is 2.53. The Morgan fingerprint density at radius 2 is 2.36 bits per heavy atom. The molecule has 1 unspecified atom stereocenters. The number of piperidine rings is 1. The van der Waals surface area contributed by atoms with E-state index in [0.717, 1.165) is 12.8 Å². The summed E-state index contributed by atoms with van der Waals surface area (Å²) < 4.78 is 5.84. The fraction of sp³-hybridized carbons (Fsp3) is 0.500. The van der Waals surface area contributed by atoms with Crippen LogP contribution in [0.25, 0.3) is 0 Å². The van der Waals surface area contributed by atoms with E-state index < -0.39 is 5.91 Å². The molecule has 2 heterocycles. The number of likely N-dealkylation sites (tertiary alicyclic amines) is 1. The first-order chi connectivity index (χ1) is 10.6. The number of hydrogen-bond donors (Lipinski definition) is 2. The van der Waals surface area contributed by atoms with Gasteiger partial charge in [0.25, 0.3) is 5.91 Å². The van der Waals surface area contributed by atoms with Crippen LogP contribution in [0, 0.1) is 0 Å². The SMILES string of the molecule is NC(=O)c1cc(OC2CCCN(C(=O)NCCCl)C2)ccn1. The van der Waals surface area contributed by atoms with Crippen molar-refractivity contribution < 1.29 is 14.3 Å². The normalized spacial score (nSPS) is 17.9. The van der Waals surface area contributed by atoms with Gasteiger partial charge < -0.3 is 20.7 Å². The van der Waals surface area contributed by atoms with E-state index in [1.54, 1.807) is 11.0 Å². The van der Waals surface area contributed by atoms with E-state index in [1.807, 2.05) is 0 Å². The highest BCUT2D eigenvalue weighted by molar-refractivity contribution is 6.18. The van der Waals surface area contributed by atoms with Crippen LogP contribution < -0.4 is 15.8 Å². The minimum atomic E-state index is -0.601. The molecule has 0 spiro atoms. The Hall–Kier alpha value is -2.02. The number of ether oxygens (including phenoxy) is 1. The van der Waals surface area contributed by atoms with Gasteiger partial charge in [0, 0.05) is 31.2 Å². The van der Waals surface area contributed by atoms with E-state index in [0.29, 0.717) is 31.3 Å². The van der Waals surface area contributed by atoms with Gasteiger partial charge in [0.1, 0.15) is 17.5 Å². The molecule has 1 atom stereocenters. The number of carbonyl (C=O) groups is 2. The molecule has 3 N–H and O–H groups in total. The van der Waals surface area contributed by atoms with Crippen LogP contribution in [0.2, 0.25) is 0 Å². The third-order valence-corrected chi connectivity index (χ3v) is 3.51. The number of nitrogens with one attached hydrogen (secondary N) is 1. The number of nitrogens with two attached hydrogens (primary N) is 1. The Morgan fingerprint density at radius 1 is 1.55 bits per heavy atom. The maximum absolute atomic E-state index is 11.9. The number of pyridine rings is 1. The first-order valence-corrected chi connectivity index (χ1v) is 7.65. The minimum Gasteiger partial charge on any atom is -0.488 e. The van der Waals surface area contributed by atoms with E-state index in [4.69, 9.17) is 22.1 Å². The Kier molecular flexibility index (Phi) is 5.83. The molecule has 7 nitrogen and oxygen atoms in total. The summed E-state index contributed by atoms with van der Waals surface area (Å²) in [6.07, 6.45) is 3.04. The van der Waals surface area contributed by atoms with Crippen LogP contribution in [0.5, 0.6) is 5.75 Å². The lowest BCUT2D eigenvalue weighted by atomic mass is 10.1. The van der Waals surface area contributed by atoms with Crippen molar-refractivity contribution in [3.05, 3.63) is 24.0 Å². The predicted octanol–water partition coefficient (Wildman–Crippen LogP) is 0.972. The van der Waals surface area contributed by atoms with Gasteiger partial charge in [-0.05, 0) is 18.9 Å². The lowest BCUT2D eigenvalue weighted by Crippen LogP contribution is -2.48. The molecular weight excluding hydrogens is 308 g/mol. The molecule has 1 aliphatic heterocycles. The van der Waals surface area contributed by atoms with Gasteiger partial charge in [-0.1, -0.05) is 0 Å². The lowest BCUT2D eigenvalue weighted by molar-refractivity contribution is 0.0982. The zero-order valence-electron chi connectivity index (χ0n) is 12.1. The van der Waals surface area contributed by atoms with Gasteiger partial charge in [0.05, 0.1) is 6.54 Å². The van der Waals surface area contributed by atoms with Crippen molar-refractivity contribution in [2.45, 2.75) is 18.9 Å². The third kappa shape index (κ3) is 4.49. The topological polar surface area (TPSA) is 97.6 Å². The van der Waals surface area contributed by atoms with Gasteiger partial charge in [-0.25, -0.2) is 4.79 Å². The van der Waals surface area contributed by atoms with Crippen LogP contribution in [0.15, 0.2) is 18.3 Å². The lowest BCUT2D eigenvalue weighted by Gasteiger charge is -2.32. The first kappa shape index (κ1) is 16.4. The zero-order valence-corrected chi connectivity index (χ0v) is 12.9. The molecule has 1 aromatic heterocycles. The summed E-state index contributed by atoms with van der Waals surface area (Å²) in [4.78, 5) is 28.6. The molecule has 8 heteroatoms. The fourth-order valence-corrected chi connectivity index (χ4v) is 2.39. The molecule has 1 aliphatic rings. The molecule has 0 radical (unpaired) electrons. The summed E-state index contributed by atoms with van der Waals surface area (Å²) in [7, 11) is 0. The quantitative estimate of drug-likeness (QED) is 0.788. The minimum absolute atomic E-state index is 0.126. The van der Waals surface area contributed by atoms with E-state index in [2.05, 4.69) is 10.3 Å². The van der Waals surface area contributed by atoms with Gasteiger partial charge >= 0.3 is 6.03 Å². The highest BCUT2D eigenvalue weighted by Crippen LogP contribution is 2.18. The number of alkyl halides is 1. The number of hydrogen-bond acceptors (Lipinski definition) is 4. The summed E-state index contributed by atoms with van der Waals surface area (Å²) >= 11 is 5.56. The first-order valence-electron chi connectivity index (χ1n) is 7.11. The smallest absolute Gasteiger partial charge is 0.317 e. The number of primary amides is 1. The molecule has 0 bridgehead atoms. The summed E-state index contributed by atoms with van der Waals surface area (Å²) in [6.45, 7) is 1.62. The Balaban J connectivity index is 1.94. The van der Waals surface area contributed by atoms with Gasteiger partial charge in [0.15, 0.2) is 0 Å². The number of aromatic nitrogens is 1. The summed E-state index contributed by atoms with van der Waals surface area (Å²) in [6, 6.07) is 3.04. The summed E-state index contributed by atoms with van der Waals surface area (Å²) in [5.74, 6) is 0.305. The second kappa shape index (κ2) is 7.84. The number of rotatable bonds is 5. The number of nitrogens with zero attached hydrogens (tertiary/aromatic N) is 2. The Labute approximate surface area is 133 Å². The highest BCUT2D eigenvalue weighted by Gasteiger charge is 2.24. The molecule has 0 aliphatic carbocycles. The van der Waals surface area contributed by atoms with Crippen molar-refractivity contribution in [1.82, 2.24) is 15.2 Å². The van der Waals surface area contributed by atoms with Crippen LogP contribution in [0.1, 0.15) is 23.3 Å². The number of halogens is 1. The second-order valence-corrected chi connectivity index (χ2v) is 5.37. The molecule has 0 saturated carbocycles. The van der Waals surface area contributed by atoms with Crippen molar-refractivity contribution in [2.24, 2.45) is 5.73 Å². The van der Waals surface area contributed by atoms with Gasteiger partial charge in [-0.3, -0.25) is 9.78 Å². The zero-order chi connectivity index (χ0) is 15.9. The molecule has 1 aromatic rings. The second-order valence-electron chi connectivity index (χ2n) is 4.99. The van der Waals surface area contributed by atoms with Gasteiger partial charge in [0.2, 0.25) is 0 Å². The van der Waals surface area contributed by atoms with Gasteiger partial charge in [-0.2, -0.15) is 0 Å². The molecule has 1 saturated heterocycles. The van der Waals surface area contributed by atoms with E-state index in [-0.39, 0.29) is 17.8 Å². The molecule has 22 heavy (non-hydrogen) atoms. The van der Waals surface area contributed by atoms with Gasteiger partial charge in [-0.15, -0.1) is 11.6 Å². The van der Waals surface area contributed by atoms with Crippen molar-refractivity contribution in [1.29, 1.82) is 0 Å². The molecule has 0 aromatic carbocycles. The van der Waals surface area contributed by atoms with Crippen LogP contribution in [0.4, 0.5) is 4.79 Å². The van der Waals surface area contributed by atoms with Crippen LogP contribution in [-0.2, 0) is 0 Å². The van der Waals surface area contributed by atoms with Crippen molar-refractivity contribution >= 4 is 23.5 Å². The Morgan fingerprint density at radius 3 is 3.09 bits per heavy atom. The number of carbonyl (C=O) groups excluding carboxylic acids is 2. The van der Waals surface area contributed by atoms with Crippen molar-refractivity contribution in [3.8, 4) is 5.75 Å². The predicted molar refractivity (Wildman–Crippen MR) is 82.1 cm³/mol. The van der Waals surface area contributed by atoms with Crippen molar-refractivity contribution in [2.75, 3.05) is 25.5 Å². The molecule has 2 rings (SSSR count). The van der Waals surface area contributed by atoms with Crippen molar-refractivity contribution in [3.63, 3.8) is 0 Å². The van der Waals surface area contributed by atoms with E-state index in [1.165, 1.54) is 12.3 Å². The average molecular weight is 327 g/mol. The molecular formula is C14H19ClN4O3. The third-order valence-electron chi connectivity index (χ3n) is 3.32. The monoisotopic (exact) mass is 326 g/mol. The Bertz CT molecular complexity index is 541. The van der Waals surface area contributed by atoms with Crippen LogP contribution in [0.3, 0.4) is 0 Å². The maximum Gasteiger partial charge on any atom is 0.317 e. The molecule has 120 valence electrons. The van der Waals surface area contributed by atoms with Crippen LogP contribution >= 0.6 is 11.6 Å². The number of amides is 3. The summed E-state index contributed by atoms with van der Waals surface area (Å²) in [5, 5.41) is 2.74. The van der Waals surface area contributed by atoms with Crippen LogP contribution in [-0.4, -0.2) is 53.4 Å². The van der Waals surface area contributed by atoms with E-state index in [9.17, 15) is 9.59 Å². The maximum atomic E-state index is 11.9. The highest BCUT2D eigenvalue weighted by atomic mass is 35.5.